The standard InChI is InChI=1S/C18H29NO/c1-3-4-14-20-18(15-19-12-6-5-7-13-19)17-10-8-16(2)9-11-17/h8-11,18H,3-7,12-15H2,1-2H3. The van der Waals surface area contributed by atoms with Gasteiger partial charge in [0, 0.05) is 13.2 Å². The van der Waals surface area contributed by atoms with E-state index in [0.717, 1.165) is 19.6 Å². The third-order valence-electron chi connectivity index (χ3n) is 4.14. The van der Waals surface area contributed by atoms with Crippen LogP contribution >= 0.6 is 0 Å². The molecule has 2 rings (SSSR count). The second kappa shape index (κ2) is 8.43. The smallest absolute Gasteiger partial charge is 0.0951 e. The molecule has 1 unspecified atom stereocenters. The summed E-state index contributed by atoms with van der Waals surface area (Å²) in [6.07, 6.45) is 6.67. The van der Waals surface area contributed by atoms with Gasteiger partial charge >= 0.3 is 0 Å². The molecular formula is C18H29NO. The van der Waals surface area contributed by atoms with Crippen LogP contribution in [0.15, 0.2) is 24.3 Å². The van der Waals surface area contributed by atoms with Gasteiger partial charge in [0.2, 0.25) is 0 Å². The lowest BCUT2D eigenvalue weighted by molar-refractivity contribution is 0.0192. The van der Waals surface area contributed by atoms with Crippen LogP contribution in [0.1, 0.15) is 56.3 Å². The number of unbranched alkanes of at least 4 members (excludes halogenated alkanes) is 1. The zero-order chi connectivity index (χ0) is 14.2. The van der Waals surface area contributed by atoms with Gasteiger partial charge in [0.25, 0.3) is 0 Å². The van der Waals surface area contributed by atoms with Gasteiger partial charge in [0.15, 0.2) is 0 Å². The average Bonchev–Trinajstić information content (AvgIpc) is 2.48. The Morgan fingerprint density at radius 1 is 1.10 bits per heavy atom. The van der Waals surface area contributed by atoms with Crippen LogP contribution in [0.25, 0.3) is 0 Å². The predicted molar refractivity (Wildman–Crippen MR) is 85.1 cm³/mol. The fourth-order valence-corrected chi connectivity index (χ4v) is 2.78. The van der Waals surface area contributed by atoms with Gasteiger partial charge in [-0.3, -0.25) is 0 Å². The maximum Gasteiger partial charge on any atom is 0.0951 e. The van der Waals surface area contributed by atoms with Gasteiger partial charge in [-0.1, -0.05) is 49.6 Å². The second-order valence-corrected chi connectivity index (χ2v) is 5.98. The van der Waals surface area contributed by atoms with Crippen LogP contribution in [0, 0.1) is 6.92 Å². The van der Waals surface area contributed by atoms with E-state index in [9.17, 15) is 0 Å². The van der Waals surface area contributed by atoms with Crippen LogP contribution in [0.3, 0.4) is 0 Å². The van der Waals surface area contributed by atoms with Gasteiger partial charge < -0.3 is 9.64 Å². The lowest BCUT2D eigenvalue weighted by Gasteiger charge is -2.30. The highest BCUT2D eigenvalue weighted by atomic mass is 16.5. The molecule has 0 spiro atoms. The summed E-state index contributed by atoms with van der Waals surface area (Å²) >= 11 is 0. The maximum atomic E-state index is 6.17. The molecule has 0 aromatic heterocycles. The minimum atomic E-state index is 0.236. The third-order valence-corrected chi connectivity index (χ3v) is 4.14. The molecule has 1 aliphatic rings. The first kappa shape index (κ1) is 15.5. The molecule has 1 aliphatic heterocycles. The highest BCUT2D eigenvalue weighted by Crippen LogP contribution is 2.22. The third kappa shape index (κ3) is 4.92. The molecule has 1 atom stereocenters. The molecule has 2 heteroatoms. The van der Waals surface area contributed by atoms with Crippen LogP contribution in [-0.4, -0.2) is 31.1 Å². The largest absolute Gasteiger partial charge is 0.372 e. The first-order valence-electron chi connectivity index (χ1n) is 8.20. The molecule has 0 bridgehead atoms. The van der Waals surface area contributed by atoms with E-state index in [0.29, 0.717) is 0 Å². The van der Waals surface area contributed by atoms with E-state index >= 15 is 0 Å². The number of aryl methyl sites for hydroxylation is 1. The molecule has 112 valence electrons. The molecule has 0 amide bonds. The Labute approximate surface area is 124 Å². The SMILES string of the molecule is CCCCOC(CN1CCCCC1)c1ccc(C)cc1. The van der Waals surface area contributed by atoms with Gasteiger partial charge in [-0.15, -0.1) is 0 Å². The number of rotatable bonds is 7. The Balaban J connectivity index is 1.97. The number of hydrogen-bond acceptors (Lipinski definition) is 2. The summed E-state index contributed by atoms with van der Waals surface area (Å²) in [4.78, 5) is 2.57. The first-order valence-corrected chi connectivity index (χ1v) is 8.20. The minimum Gasteiger partial charge on any atom is -0.372 e. The van der Waals surface area contributed by atoms with Crippen LogP contribution in [0.2, 0.25) is 0 Å². The van der Waals surface area contributed by atoms with Crippen molar-refractivity contribution in [1.82, 2.24) is 4.90 Å². The molecule has 0 radical (unpaired) electrons. The Morgan fingerprint density at radius 2 is 1.80 bits per heavy atom. The average molecular weight is 275 g/mol. The Morgan fingerprint density at radius 3 is 2.45 bits per heavy atom. The number of benzene rings is 1. The lowest BCUT2D eigenvalue weighted by Crippen LogP contribution is -2.34. The minimum absolute atomic E-state index is 0.236. The predicted octanol–water partition coefficient (Wildman–Crippen LogP) is 4.34. The highest BCUT2D eigenvalue weighted by molar-refractivity contribution is 5.23. The zero-order valence-corrected chi connectivity index (χ0v) is 13.1. The van der Waals surface area contributed by atoms with Crippen molar-refractivity contribution in [3.63, 3.8) is 0 Å². The van der Waals surface area contributed by atoms with Gasteiger partial charge in [0.1, 0.15) is 0 Å². The van der Waals surface area contributed by atoms with Crippen molar-refractivity contribution in [3.05, 3.63) is 35.4 Å². The molecule has 0 aliphatic carbocycles. The number of piperidine rings is 1. The van der Waals surface area contributed by atoms with Gasteiger partial charge in [0.05, 0.1) is 6.10 Å². The number of hydrogen-bond donors (Lipinski definition) is 0. The van der Waals surface area contributed by atoms with Gasteiger partial charge in [-0.2, -0.15) is 0 Å². The molecule has 1 fully saturated rings. The molecule has 2 nitrogen and oxygen atoms in total. The van der Waals surface area contributed by atoms with Crippen LogP contribution in [-0.2, 0) is 4.74 Å². The second-order valence-electron chi connectivity index (χ2n) is 5.98. The molecule has 20 heavy (non-hydrogen) atoms. The molecule has 1 heterocycles. The van der Waals surface area contributed by atoms with Gasteiger partial charge in [-0.05, 0) is 44.8 Å². The summed E-state index contributed by atoms with van der Waals surface area (Å²) in [5.41, 5.74) is 2.65. The Bertz CT molecular complexity index is 368. The normalized spacial score (nSPS) is 18.1. The zero-order valence-electron chi connectivity index (χ0n) is 13.1. The Kier molecular flexibility index (Phi) is 6.55. The quantitative estimate of drug-likeness (QED) is 0.686. The van der Waals surface area contributed by atoms with Crippen molar-refractivity contribution in [1.29, 1.82) is 0 Å². The number of ether oxygens (including phenoxy) is 1. The van der Waals surface area contributed by atoms with E-state index in [1.54, 1.807) is 0 Å². The molecule has 1 saturated heterocycles. The van der Waals surface area contributed by atoms with Crippen molar-refractivity contribution in [2.45, 2.75) is 52.1 Å². The first-order chi connectivity index (χ1) is 9.79. The maximum absolute atomic E-state index is 6.17. The van der Waals surface area contributed by atoms with Crippen molar-refractivity contribution in [2.75, 3.05) is 26.2 Å². The summed E-state index contributed by atoms with van der Waals surface area (Å²) in [5, 5.41) is 0. The van der Waals surface area contributed by atoms with E-state index < -0.39 is 0 Å². The molecule has 0 N–H and O–H groups in total. The molecule has 0 saturated carbocycles. The van der Waals surface area contributed by atoms with E-state index in [-0.39, 0.29) is 6.10 Å². The molecule has 1 aromatic rings. The summed E-state index contributed by atoms with van der Waals surface area (Å²) in [5.74, 6) is 0. The van der Waals surface area contributed by atoms with Crippen LogP contribution in [0.4, 0.5) is 0 Å². The fourth-order valence-electron chi connectivity index (χ4n) is 2.78. The topological polar surface area (TPSA) is 12.5 Å². The van der Waals surface area contributed by atoms with E-state index in [4.69, 9.17) is 4.74 Å². The van der Waals surface area contributed by atoms with Crippen LogP contribution < -0.4 is 0 Å². The molecule has 1 aromatic carbocycles. The van der Waals surface area contributed by atoms with E-state index in [1.807, 2.05) is 0 Å². The fraction of sp³-hybridized carbons (Fsp3) is 0.667. The summed E-state index contributed by atoms with van der Waals surface area (Å²) < 4.78 is 6.17. The summed E-state index contributed by atoms with van der Waals surface area (Å²) in [7, 11) is 0. The van der Waals surface area contributed by atoms with Crippen molar-refractivity contribution < 1.29 is 4.74 Å². The molecular weight excluding hydrogens is 246 g/mol. The van der Waals surface area contributed by atoms with Crippen LogP contribution in [0.5, 0.6) is 0 Å². The number of nitrogens with zero attached hydrogens (tertiary/aromatic N) is 1. The summed E-state index contributed by atoms with van der Waals surface area (Å²) in [6.45, 7) is 8.75. The van der Waals surface area contributed by atoms with E-state index in [1.165, 1.54) is 49.9 Å². The van der Waals surface area contributed by atoms with Crippen molar-refractivity contribution in [2.24, 2.45) is 0 Å². The Hall–Kier alpha value is -0.860. The van der Waals surface area contributed by atoms with E-state index in [2.05, 4.69) is 43.0 Å². The van der Waals surface area contributed by atoms with Gasteiger partial charge in [-0.25, -0.2) is 0 Å². The summed E-state index contributed by atoms with van der Waals surface area (Å²) in [6, 6.07) is 8.86. The lowest BCUT2D eigenvalue weighted by atomic mass is 10.0. The highest BCUT2D eigenvalue weighted by Gasteiger charge is 2.18. The monoisotopic (exact) mass is 275 g/mol. The number of likely N-dealkylation sites (tertiary alicyclic amines) is 1. The van der Waals surface area contributed by atoms with Crippen molar-refractivity contribution in [3.8, 4) is 0 Å². The van der Waals surface area contributed by atoms with Crippen molar-refractivity contribution >= 4 is 0 Å².